The van der Waals surface area contributed by atoms with Gasteiger partial charge in [0.2, 0.25) is 0 Å². The Kier molecular flexibility index (Phi) is 6.49. The van der Waals surface area contributed by atoms with Crippen LogP contribution in [0.15, 0.2) is 119 Å². The van der Waals surface area contributed by atoms with Crippen molar-refractivity contribution in [2.24, 2.45) is 17.8 Å². The van der Waals surface area contributed by atoms with Crippen LogP contribution >= 0.6 is 0 Å². The number of allylic oxidation sites excluding steroid dienone is 8. The summed E-state index contributed by atoms with van der Waals surface area (Å²) in [6.07, 6.45) is 30.6. The monoisotopic (exact) mass is 648 g/mol. The summed E-state index contributed by atoms with van der Waals surface area (Å²) in [6.45, 7) is 2.32. The smallest absolute Gasteiger partial charge is 0.126 e. The number of fused-ring (bicyclic) bond motifs is 7. The number of nitrogens with zero attached hydrogens (tertiary/aromatic N) is 4. The Morgan fingerprint density at radius 3 is 2.40 bits per heavy atom. The van der Waals surface area contributed by atoms with E-state index < -0.39 is 0 Å². The van der Waals surface area contributed by atoms with Gasteiger partial charge in [-0.25, -0.2) is 0 Å². The minimum atomic E-state index is 0.129. The Hall–Kier alpha value is -5.78. The van der Waals surface area contributed by atoms with Crippen LogP contribution in [0.25, 0.3) is 29.0 Å². The minimum absolute atomic E-state index is 0.129. The number of benzene rings is 2. The van der Waals surface area contributed by atoms with Crippen molar-refractivity contribution < 1.29 is 4.74 Å². The van der Waals surface area contributed by atoms with Crippen molar-refractivity contribution in [3.63, 3.8) is 0 Å². The lowest BCUT2D eigenvalue weighted by Crippen LogP contribution is -2.33. The van der Waals surface area contributed by atoms with Crippen LogP contribution in [-0.4, -0.2) is 10.6 Å². The number of rotatable bonds is 3. The van der Waals surface area contributed by atoms with Gasteiger partial charge in [-0.2, -0.15) is 10.5 Å². The summed E-state index contributed by atoms with van der Waals surface area (Å²) in [4.78, 5) is 2.38. The van der Waals surface area contributed by atoms with Crippen LogP contribution in [0.5, 0.6) is 0 Å². The van der Waals surface area contributed by atoms with Gasteiger partial charge in [-0.1, -0.05) is 61.6 Å². The Balaban J connectivity index is 1.11. The van der Waals surface area contributed by atoms with Crippen molar-refractivity contribution in [3.8, 4) is 29.0 Å². The molecular formula is C45H36N4O. The van der Waals surface area contributed by atoms with E-state index in [4.69, 9.17) is 4.74 Å². The molecule has 0 bridgehead atoms. The average molecular weight is 649 g/mol. The zero-order valence-corrected chi connectivity index (χ0v) is 28.1. The third-order valence-electron chi connectivity index (χ3n) is 11.8. The molecule has 3 aromatic rings. The van der Waals surface area contributed by atoms with Gasteiger partial charge in [-0.05, 0) is 120 Å². The van der Waals surface area contributed by atoms with Crippen molar-refractivity contribution in [2.75, 3.05) is 4.90 Å². The molecule has 0 saturated heterocycles. The summed E-state index contributed by atoms with van der Waals surface area (Å²) >= 11 is 0. The molecule has 0 radical (unpaired) electrons. The Morgan fingerprint density at radius 1 is 0.800 bits per heavy atom. The first kappa shape index (κ1) is 29.2. The lowest BCUT2D eigenvalue weighted by molar-refractivity contribution is 0.319. The molecule has 4 unspecified atom stereocenters. The van der Waals surface area contributed by atoms with E-state index in [0.717, 1.165) is 78.2 Å². The van der Waals surface area contributed by atoms with Crippen molar-refractivity contribution in [2.45, 2.75) is 51.5 Å². The van der Waals surface area contributed by atoms with Crippen molar-refractivity contribution in [1.29, 1.82) is 10.5 Å². The second-order valence-corrected chi connectivity index (χ2v) is 14.5. The predicted octanol–water partition coefficient (Wildman–Crippen LogP) is 9.78. The fraction of sp³-hybridized carbons (Fsp3) is 0.244. The lowest BCUT2D eigenvalue weighted by Gasteiger charge is -2.31. The van der Waals surface area contributed by atoms with Crippen molar-refractivity contribution >= 4 is 17.8 Å². The maximum Gasteiger partial charge on any atom is 0.126 e. The molecule has 5 heteroatoms. The van der Waals surface area contributed by atoms with E-state index in [1.54, 1.807) is 0 Å². The summed E-state index contributed by atoms with van der Waals surface area (Å²) in [7, 11) is 0. The fourth-order valence-electron chi connectivity index (χ4n) is 9.55. The molecule has 5 nitrogen and oxygen atoms in total. The number of hydrogen-bond acceptors (Lipinski definition) is 4. The van der Waals surface area contributed by atoms with Gasteiger partial charge in [-0.3, -0.25) is 0 Å². The van der Waals surface area contributed by atoms with Crippen LogP contribution in [0.4, 0.5) is 5.69 Å². The van der Waals surface area contributed by atoms with Gasteiger partial charge in [-0.15, -0.1) is 0 Å². The molecule has 0 amide bonds. The zero-order chi connectivity index (χ0) is 33.5. The molecule has 1 aromatic heterocycles. The highest BCUT2D eigenvalue weighted by molar-refractivity contribution is 5.80. The number of ether oxygens (including phenoxy) is 1. The summed E-state index contributed by atoms with van der Waals surface area (Å²) in [5, 5.41) is 20.8. The molecule has 0 spiro atoms. The normalized spacial score (nSPS) is 24.9. The minimum Gasteiger partial charge on any atom is -0.461 e. The predicted molar refractivity (Wildman–Crippen MR) is 198 cm³/mol. The Morgan fingerprint density at radius 2 is 1.56 bits per heavy atom. The molecule has 3 heterocycles. The van der Waals surface area contributed by atoms with E-state index in [1.165, 1.54) is 33.7 Å². The Bertz CT molecular complexity index is 2370. The molecule has 242 valence electrons. The molecule has 0 fully saturated rings. The first-order valence-corrected chi connectivity index (χ1v) is 18.0. The molecule has 0 saturated carbocycles. The van der Waals surface area contributed by atoms with Crippen molar-refractivity contribution in [3.05, 3.63) is 153 Å². The highest BCUT2D eigenvalue weighted by atomic mass is 16.5. The van der Waals surface area contributed by atoms with Gasteiger partial charge in [0.15, 0.2) is 0 Å². The first-order valence-electron chi connectivity index (χ1n) is 18.0. The van der Waals surface area contributed by atoms with E-state index in [1.807, 2.05) is 18.2 Å². The summed E-state index contributed by atoms with van der Waals surface area (Å²) in [5.41, 5.74) is 14.3. The summed E-state index contributed by atoms with van der Waals surface area (Å²) < 4.78 is 8.78. The van der Waals surface area contributed by atoms with Gasteiger partial charge >= 0.3 is 0 Å². The third kappa shape index (κ3) is 4.17. The molecule has 50 heavy (non-hydrogen) atoms. The molecule has 0 N–H and O–H groups in total. The maximum atomic E-state index is 10.5. The molecule has 2 aromatic carbocycles. The van der Waals surface area contributed by atoms with Crippen LogP contribution in [0, 0.1) is 40.4 Å². The highest BCUT2D eigenvalue weighted by Crippen LogP contribution is 2.50. The number of anilines is 1. The zero-order valence-electron chi connectivity index (χ0n) is 28.1. The second-order valence-electron chi connectivity index (χ2n) is 14.5. The SMILES string of the molecule is CC1CC=CC2=C1C1C=CC=CC1N2c1cc(-c2ccc(C#N)c(-n3c4c(c5c3C=C3OC6=C(CCC=C6)C3C5)CCC=C4)c2)ccc1C#N. The van der Waals surface area contributed by atoms with Crippen LogP contribution in [0.1, 0.15) is 66.2 Å². The quantitative estimate of drug-likeness (QED) is 0.284. The average Bonchev–Trinajstić information content (AvgIpc) is 3.81. The van der Waals surface area contributed by atoms with Gasteiger partial charge < -0.3 is 14.2 Å². The van der Waals surface area contributed by atoms with Gasteiger partial charge in [0.25, 0.3) is 0 Å². The Labute approximate surface area is 293 Å². The van der Waals surface area contributed by atoms with E-state index in [0.29, 0.717) is 28.9 Å². The molecule has 2 aliphatic heterocycles. The second kappa shape index (κ2) is 11.1. The van der Waals surface area contributed by atoms with E-state index in [2.05, 4.69) is 114 Å². The molecule has 10 rings (SSSR count). The van der Waals surface area contributed by atoms with E-state index in [-0.39, 0.29) is 6.04 Å². The van der Waals surface area contributed by atoms with Crippen LogP contribution in [0.3, 0.4) is 0 Å². The number of aromatic nitrogens is 1. The first-order chi connectivity index (χ1) is 24.6. The largest absolute Gasteiger partial charge is 0.461 e. The molecule has 7 aliphatic rings. The maximum absolute atomic E-state index is 10.5. The molecule has 4 atom stereocenters. The number of hydrogen-bond donors (Lipinski definition) is 0. The van der Waals surface area contributed by atoms with Crippen LogP contribution in [-0.2, 0) is 17.6 Å². The molecule has 5 aliphatic carbocycles. The standard InChI is InChI=1S/C45H36N4O/c1-27-9-8-15-39-45(27)34-12-3-6-14-38(34)48(39)40-21-28(17-19-30(40)25-46)29-18-20-31(26-47)41(22-29)49-37-13-5-2-10-32(37)35-23-36-33-11-4-7-16-43(33)50-44(36)24-42(35)49/h3,5-8,12-22,24,27,34,36,38H,2,4,9-11,23H2,1H3. The van der Waals surface area contributed by atoms with Crippen LogP contribution in [0.2, 0.25) is 0 Å². The fourth-order valence-corrected chi connectivity index (χ4v) is 9.55. The third-order valence-corrected chi connectivity index (χ3v) is 11.8. The van der Waals surface area contributed by atoms with Gasteiger partial charge in [0.05, 0.1) is 34.2 Å². The van der Waals surface area contributed by atoms with Gasteiger partial charge in [0.1, 0.15) is 23.7 Å². The number of nitriles is 2. The van der Waals surface area contributed by atoms with Crippen molar-refractivity contribution in [1.82, 2.24) is 4.57 Å². The highest BCUT2D eigenvalue weighted by Gasteiger charge is 2.42. The summed E-state index contributed by atoms with van der Waals surface area (Å²) in [6, 6.07) is 17.5. The summed E-state index contributed by atoms with van der Waals surface area (Å²) in [5.74, 6) is 3.09. The lowest BCUT2D eigenvalue weighted by atomic mass is 9.81. The van der Waals surface area contributed by atoms with Crippen LogP contribution < -0.4 is 4.90 Å². The van der Waals surface area contributed by atoms with E-state index in [9.17, 15) is 10.5 Å². The molecular weight excluding hydrogens is 613 g/mol. The topological polar surface area (TPSA) is 65.0 Å². The van der Waals surface area contributed by atoms with E-state index >= 15 is 0 Å². The van der Waals surface area contributed by atoms with Gasteiger partial charge in [0, 0.05) is 29.3 Å².